The first-order valence-electron chi connectivity index (χ1n) is 5.44. The molecule has 1 N–H and O–H groups in total. The summed E-state index contributed by atoms with van der Waals surface area (Å²) in [6.45, 7) is 5.19. The molecule has 0 bridgehead atoms. The average molecular weight is 211 g/mol. The van der Waals surface area contributed by atoms with Gasteiger partial charge in [0.25, 0.3) is 0 Å². The quantitative estimate of drug-likeness (QED) is 0.775. The molecule has 1 aromatic rings. The second-order valence-electron chi connectivity index (χ2n) is 3.77. The maximum absolute atomic E-state index is 5.37. The highest BCUT2D eigenvalue weighted by molar-refractivity contribution is 5.01. The standard InChI is InChI=1S/C11H21N3O/c1-5-6-12-10(9(2)15-4)11-13-7-8-14(11)3/h7-10,12H,5-6H2,1-4H3. The Hall–Kier alpha value is -0.870. The van der Waals surface area contributed by atoms with Crippen LogP contribution in [0.5, 0.6) is 0 Å². The van der Waals surface area contributed by atoms with Gasteiger partial charge in [0.2, 0.25) is 0 Å². The molecule has 1 heterocycles. The second-order valence-corrected chi connectivity index (χ2v) is 3.77. The number of hydrogen-bond donors (Lipinski definition) is 1. The first-order valence-corrected chi connectivity index (χ1v) is 5.44. The molecule has 1 rings (SSSR count). The van der Waals surface area contributed by atoms with Crippen molar-refractivity contribution in [3.05, 3.63) is 18.2 Å². The van der Waals surface area contributed by atoms with Gasteiger partial charge in [-0.3, -0.25) is 0 Å². The third-order valence-electron chi connectivity index (χ3n) is 2.59. The highest BCUT2D eigenvalue weighted by Gasteiger charge is 2.21. The Morgan fingerprint density at radius 3 is 2.80 bits per heavy atom. The molecule has 4 heteroatoms. The van der Waals surface area contributed by atoms with Gasteiger partial charge in [-0.1, -0.05) is 6.92 Å². The van der Waals surface area contributed by atoms with Gasteiger partial charge in [-0.25, -0.2) is 4.98 Å². The summed E-state index contributed by atoms with van der Waals surface area (Å²) in [5, 5.41) is 3.46. The van der Waals surface area contributed by atoms with Gasteiger partial charge >= 0.3 is 0 Å². The fourth-order valence-corrected chi connectivity index (χ4v) is 1.58. The lowest BCUT2D eigenvalue weighted by atomic mass is 10.1. The summed E-state index contributed by atoms with van der Waals surface area (Å²) in [5.41, 5.74) is 0. The maximum Gasteiger partial charge on any atom is 0.128 e. The van der Waals surface area contributed by atoms with Crippen molar-refractivity contribution in [1.82, 2.24) is 14.9 Å². The summed E-state index contributed by atoms with van der Waals surface area (Å²) >= 11 is 0. The van der Waals surface area contributed by atoms with Crippen molar-refractivity contribution in [2.75, 3.05) is 13.7 Å². The lowest BCUT2D eigenvalue weighted by Crippen LogP contribution is -2.33. The average Bonchev–Trinajstić information content (AvgIpc) is 2.65. The van der Waals surface area contributed by atoms with Gasteiger partial charge in [0.1, 0.15) is 5.82 Å². The zero-order valence-electron chi connectivity index (χ0n) is 10.0. The first kappa shape index (κ1) is 12.2. The zero-order valence-corrected chi connectivity index (χ0v) is 10.0. The minimum Gasteiger partial charge on any atom is -0.380 e. The van der Waals surface area contributed by atoms with Gasteiger partial charge in [0.05, 0.1) is 12.1 Å². The monoisotopic (exact) mass is 211 g/mol. The number of imidazole rings is 1. The van der Waals surface area contributed by atoms with Crippen LogP contribution in [0.25, 0.3) is 0 Å². The summed E-state index contributed by atoms with van der Waals surface area (Å²) < 4.78 is 7.40. The van der Waals surface area contributed by atoms with Crippen molar-refractivity contribution in [2.45, 2.75) is 32.4 Å². The molecule has 0 aromatic carbocycles. The molecule has 15 heavy (non-hydrogen) atoms. The van der Waals surface area contributed by atoms with E-state index < -0.39 is 0 Å². The van der Waals surface area contributed by atoms with Gasteiger partial charge < -0.3 is 14.6 Å². The summed E-state index contributed by atoms with van der Waals surface area (Å²) in [7, 11) is 3.74. The van der Waals surface area contributed by atoms with Crippen molar-refractivity contribution in [3.63, 3.8) is 0 Å². The van der Waals surface area contributed by atoms with Crippen LogP contribution in [0.1, 0.15) is 32.1 Å². The third kappa shape index (κ3) is 3.04. The van der Waals surface area contributed by atoms with Gasteiger partial charge in [-0.05, 0) is 19.9 Å². The predicted octanol–water partition coefficient (Wildman–Crippen LogP) is 1.50. The largest absolute Gasteiger partial charge is 0.380 e. The molecular weight excluding hydrogens is 190 g/mol. The smallest absolute Gasteiger partial charge is 0.128 e. The molecule has 0 saturated carbocycles. The van der Waals surface area contributed by atoms with E-state index >= 15 is 0 Å². The van der Waals surface area contributed by atoms with E-state index in [-0.39, 0.29) is 12.1 Å². The van der Waals surface area contributed by atoms with E-state index in [0.717, 1.165) is 18.8 Å². The van der Waals surface area contributed by atoms with E-state index in [4.69, 9.17) is 4.74 Å². The SMILES string of the molecule is CCCNC(c1nccn1C)C(C)OC. The van der Waals surface area contributed by atoms with Gasteiger partial charge in [0, 0.05) is 26.6 Å². The number of hydrogen-bond acceptors (Lipinski definition) is 3. The van der Waals surface area contributed by atoms with Crippen molar-refractivity contribution in [1.29, 1.82) is 0 Å². The van der Waals surface area contributed by atoms with Crippen LogP contribution in [0, 0.1) is 0 Å². The fourth-order valence-electron chi connectivity index (χ4n) is 1.58. The van der Waals surface area contributed by atoms with Crippen LogP contribution in [0.2, 0.25) is 0 Å². The zero-order chi connectivity index (χ0) is 11.3. The number of rotatable bonds is 6. The Morgan fingerprint density at radius 2 is 2.33 bits per heavy atom. The second kappa shape index (κ2) is 5.88. The molecule has 2 unspecified atom stereocenters. The molecule has 0 spiro atoms. The normalized spacial score (nSPS) is 15.2. The van der Waals surface area contributed by atoms with E-state index in [9.17, 15) is 0 Å². The third-order valence-corrected chi connectivity index (χ3v) is 2.59. The molecule has 86 valence electrons. The molecule has 2 atom stereocenters. The molecule has 0 aliphatic heterocycles. The first-order chi connectivity index (χ1) is 7.20. The Balaban J connectivity index is 2.76. The molecule has 4 nitrogen and oxygen atoms in total. The van der Waals surface area contributed by atoms with Crippen LogP contribution in [0.15, 0.2) is 12.4 Å². The van der Waals surface area contributed by atoms with Gasteiger partial charge in [0.15, 0.2) is 0 Å². The minimum atomic E-state index is 0.123. The highest BCUT2D eigenvalue weighted by atomic mass is 16.5. The topological polar surface area (TPSA) is 39.1 Å². The van der Waals surface area contributed by atoms with Crippen LogP contribution in [0.4, 0.5) is 0 Å². The van der Waals surface area contributed by atoms with E-state index in [2.05, 4.69) is 24.1 Å². The molecule has 0 radical (unpaired) electrons. The van der Waals surface area contributed by atoms with E-state index in [1.807, 2.05) is 24.0 Å². The van der Waals surface area contributed by atoms with Crippen molar-refractivity contribution < 1.29 is 4.74 Å². The molecular formula is C11H21N3O. The lowest BCUT2D eigenvalue weighted by Gasteiger charge is -2.23. The molecule has 0 fully saturated rings. The van der Waals surface area contributed by atoms with Crippen molar-refractivity contribution in [2.24, 2.45) is 7.05 Å². The maximum atomic E-state index is 5.37. The number of nitrogens with zero attached hydrogens (tertiary/aromatic N) is 2. The molecule has 0 saturated heterocycles. The minimum absolute atomic E-state index is 0.123. The lowest BCUT2D eigenvalue weighted by molar-refractivity contribution is 0.0792. The van der Waals surface area contributed by atoms with E-state index in [0.29, 0.717) is 0 Å². The highest BCUT2D eigenvalue weighted by Crippen LogP contribution is 2.16. The number of aryl methyl sites for hydroxylation is 1. The summed E-state index contributed by atoms with van der Waals surface area (Å²) in [6, 6.07) is 0.162. The Labute approximate surface area is 91.7 Å². The molecule has 0 aliphatic carbocycles. The Morgan fingerprint density at radius 1 is 1.60 bits per heavy atom. The van der Waals surface area contributed by atoms with Crippen LogP contribution >= 0.6 is 0 Å². The van der Waals surface area contributed by atoms with Crippen LogP contribution < -0.4 is 5.32 Å². The molecule has 0 amide bonds. The number of nitrogens with one attached hydrogen (secondary N) is 1. The molecule has 0 aliphatic rings. The Kier molecular flexibility index (Phi) is 4.78. The van der Waals surface area contributed by atoms with Crippen LogP contribution in [0.3, 0.4) is 0 Å². The van der Waals surface area contributed by atoms with Crippen LogP contribution in [-0.4, -0.2) is 29.3 Å². The number of aromatic nitrogens is 2. The number of ether oxygens (including phenoxy) is 1. The van der Waals surface area contributed by atoms with E-state index in [1.54, 1.807) is 7.11 Å². The Bertz CT molecular complexity index is 285. The van der Waals surface area contributed by atoms with E-state index in [1.165, 1.54) is 0 Å². The summed E-state index contributed by atoms with van der Waals surface area (Å²) in [4.78, 5) is 4.36. The van der Waals surface area contributed by atoms with Crippen LogP contribution in [-0.2, 0) is 11.8 Å². The van der Waals surface area contributed by atoms with Crippen molar-refractivity contribution in [3.8, 4) is 0 Å². The summed E-state index contributed by atoms with van der Waals surface area (Å²) in [6.07, 6.45) is 5.01. The summed E-state index contributed by atoms with van der Waals surface area (Å²) in [5.74, 6) is 1.03. The number of methoxy groups -OCH3 is 1. The van der Waals surface area contributed by atoms with Gasteiger partial charge in [-0.2, -0.15) is 0 Å². The fraction of sp³-hybridized carbons (Fsp3) is 0.727. The molecule has 1 aromatic heterocycles. The predicted molar refractivity (Wildman–Crippen MR) is 60.7 cm³/mol. The van der Waals surface area contributed by atoms with Gasteiger partial charge in [-0.15, -0.1) is 0 Å². The van der Waals surface area contributed by atoms with Crippen molar-refractivity contribution >= 4 is 0 Å².